The monoisotopic (exact) mass is 430 g/mol. The lowest BCUT2D eigenvalue weighted by Crippen LogP contribution is -2.44. The van der Waals surface area contributed by atoms with Crippen LogP contribution in [0.5, 0.6) is 5.75 Å². The molecule has 9 nitrogen and oxygen atoms in total. The quantitative estimate of drug-likeness (QED) is 0.424. The molecule has 2 atom stereocenters. The Hall–Kier alpha value is -3.59. The van der Waals surface area contributed by atoms with Gasteiger partial charge in [-0.15, -0.1) is 0 Å². The second-order valence-electron chi connectivity index (χ2n) is 6.77. The Labute approximate surface area is 180 Å². The van der Waals surface area contributed by atoms with E-state index in [0.717, 1.165) is 5.56 Å². The number of para-hydroxylation sites is 1. The Bertz CT molecular complexity index is 873. The van der Waals surface area contributed by atoms with E-state index in [1.54, 1.807) is 36.4 Å². The molecule has 0 saturated heterocycles. The van der Waals surface area contributed by atoms with Crippen LogP contribution in [0.1, 0.15) is 17.5 Å². The van der Waals surface area contributed by atoms with Gasteiger partial charge in [0.25, 0.3) is 0 Å². The van der Waals surface area contributed by atoms with E-state index in [1.165, 1.54) is 7.11 Å². The number of carboxylic acids is 1. The molecule has 166 valence electrons. The van der Waals surface area contributed by atoms with Gasteiger partial charge in [-0.2, -0.15) is 0 Å². The number of nitrogens with one attached hydrogen (secondary N) is 2. The van der Waals surface area contributed by atoms with Crippen LogP contribution >= 0.6 is 0 Å². The first kappa shape index (κ1) is 23.7. The molecule has 0 aliphatic carbocycles. The average Bonchev–Trinajstić information content (AvgIpc) is 2.76. The van der Waals surface area contributed by atoms with Crippen LogP contribution in [0.3, 0.4) is 0 Å². The molecule has 0 aliphatic rings. The Kier molecular flexibility index (Phi) is 9.31. The van der Waals surface area contributed by atoms with Gasteiger partial charge in [-0.25, -0.2) is 9.59 Å². The summed E-state index contributed by atoms with van der Waals surface area (Å²) in [5, 5.41) is 24.1. The average molecular weight is 430 g/mol. The molecular weight excluding hydrogens is 404 g/mol. The van der Waals surface area contributed by atoms with Crippen LogP contribution in [0, 0.1) is 0 Å². The number of alkyl carbamates (subject to hydrolysis) is 1. The highest BCUT2D eigenvalue weighted by Crippen LogP contribution is 2.19. The SMILES string of the molecule is COc1ccccc1C[C@H](NC(=O)C[C@H](O)CNC(=O)OCc1ccccc1)C(=O)O. The lowest BCUT2D eigenvalue weighted by atomic mass is 10.0. The number of rotatable bonds is 11. The maximum atomic E-state index is 12.2. The molecule has 2 aromatic carbocycles. The molecule has 0 saturated carbocycles. The van der Waals surface area contributed by atoms with Crippen LogP contribution in [-0.4, -0.2) is 54.0 Å². The fourth-order valence-electron chi connectivity index (χ4n) is 2.81. The number of methoxy groups -OCH3 is 1. The zero-order valence-electron chi connectivity index (χ0n) is 17.1. The van der Waals surface area contributed by atoms with Gasteiger partial charge < -0.3 is 30.3 Å². The van der Waals surface area contributed by atoms with E-state index in [-0.39, 0.29) is 26.0 Å². The van der Waals surface area contributed by atoms with Crippen molar-refractivity contribution in [1.29, 1.82) is 0 Å². The van der Waals surface area contributed by atoms with Crippen LogP contribution in [0.4, 0.5) is 4.79 Å². The number of carboxylic acid groups (broad SMARTS) is 1. The van der Waals surface area contributed by atoms with Crippen molar-refractivity contribution in [3.63, 3.8) is 0 Å². The van der Waals surface area contributed by atoms with E-state index in [1.807, 2.05) is 18.2 Å². The predicted octanol–water partition coefficient (Wildman–Crippen LogP) is 1.48. The smallest absolute Gasteiger partial charge is 0.407 e. The van der Waals surface area contributed by atoms with Gasteiger partial charge in [0.1, 0.15) is 18.4 Å². The molecular formula is C22H26N2O7. The molecule has 31 heavy (non-hydrogen) atoms. The number of carbonyl (C=O) groups excluding carboxylic acids is 2. The molecule has 0 aliphatic heterocycles. The minimum absolute atomic E-state index is 0.0191. The molecule has 2 amide bonds. The minimum atomic E-state index is -1.21. The third kappa shape index (κ3) is 8.35. The first-order chi connectivity index (χ1) is 14.9. The number of amides is 2. The van der Waals surface area contributed by atoms with Crippen molar-refractivity contribution in [3.05, 3.63) is 65.7 Å². The summed E-state index contributed by atoms with van der Waals surface area (Å²) in [6, 6.07) is 14.8. The third-order valence-electron chi connectivity index (χ3n) is 4.37. The van der Waals surface area contributed by atoms with E-state index < -0.39 is 30.1 Å². The summed E-state index contributed by atoms with van der Waals surface area (Å²) in [6.45, 7) is -0.141. The van der Waals surface area contributed by atoms with Gasteiger partial charge in [0.15, 0.2) is 0 Å². The lowest BCUT2D eigenvalue weighted by molar-refractivity contribution is -0.142. The van der Waals surface area contributed by atoms with Crippen molar-refractivity contribution in [1.82, 2.24) is 10.6 Å². The summed E-state index contributed by atoms with van der Waals surface area (Å²) in [5.74, 6) is -1.35. The van der Waals surface area contributed by atoms with Crippen LogP contribution in [0.25, 0.3) is 0 Å². The van der Waals surface area contributed by atoms with Crippen LogP contribution < -0.4 is 15.4 Å². The van der Waals surface area contributed by atoms with Gasteiger partial charge in [-0.05, 0) is 17.2 Å². The van der Waals surface area contributed by atoms with E-state index in [0.29, 0.717) is 11.3 Å². The molecule has 0 bridgehead atoms. The standard InChI is InChI=1S/C22H26N2O7/c1-30-19-10-6-5-9-16(19)11-18(21(27)28)24-20(26)12-17(25)13-23-22(29)31-14-15-7-3-2-4-8-15/h2-10,17-18,25H,11-14H2,1H3,(H,23,29)(H,24,26)(H,27,28)/t17-,18-/m0/s1. The van der Waals surface area contributed by atoms with E-state index in [2.05, 4.69) is 10.6 Å². The van der Waals surface area contributed by atoms with Crippen molar-refractivity contribution < 1.29 is 34.1 Å². The highest BCUT2D eigenvalue weighted by molar-refractivity contribution is 5.84. The molecule has 0 aromatic heterocycles. The molecule has 2 rings (SSSR count). The van der Waals surface area contributed by atoms with Gasteiger partial charge in [0, 0.05) is 13.0 Å². The normalized spacial score (nSPS) is 12.3. The van der Waals surface area contributed by atoms with Crippen molar-refractivity contribution >= 4 is 18.0 Å². The summed E-state index contributed by atoms with van der Waals surface area (Å²) >= 11 is 0. The second kappa shape index (κ2) is 12.2. The zero-order chi connectivity index (χ0) is 22.6. The fourth-order valence-corrected chi connectivity index (χ4v) is 2.81. The summed E-state index contributed by atoms with van der Waals surface area (Å²) in [6.07, 6.45) is -2.30. The van der Waals surface area contributed by atoms with Gasteiger partial charge in [0.2, 0.25) is 5.91 Å². The maximum absolute atomic E-state index is 12.2. The van der Waals surface area contributed by atoms with Crippen LogP contribution in [0.2, 0.25) is 0 Å². The zero-order valence-corrected chi connectivity index (χ0v) is 17.1. The van der Waals surface area contributed by atoms with Gasteiger partial charge >= 0.3 is 12.1 Å². The number of ether oxygens (including phenoxy) is 2. The number of carbonyl (C=O) groups is 3. The Balaban J connectivity index is 1.77. The fraction of sp³-hybridized carbons (Fsp3) is 0.318. The van der Waals surface area contributed by atoms with Crippen LogP contribution in [-0.2, 0) is 27.4 Å². The van der Waals surface area contributed by atoms with E-state index in [4.69, 9.17) is 9.47 Å². The van der Waals surface area contributed by atoms with E-state index >= 15 is 0 Å². The number of benzene rings is 2. The molecule has 0 radical (unpaired) electrons. The lowest BCUT2D eigenvalue weighted by Gasteiger charge is -2.18. The molecule has 0 heterocycles. The Morgan fingerprint density at radius 2 is 1.71 bits per heavy atom. The van der Waals surface area contributed by atoms with E-state index in [9.17, 15) is 24.6 Å². The molecule has 0 spiro atoms. The molecule has 2 aromatic rings. The molecule has 4 N–H and O–H groups in total. The number of aliphatic hydroxyl groups is 1. The first-order valence-electron chi connectivity index (χ1n) is 9.65. The summed E-state index contributed by atoms with van der Waals surface area (Å²) < 4.78 is 10.2. The molecule has 0 fully saturated rings. The number of aliphatic carboxylic acids is 1. The summed E-state index contributed by atoms with van der Waals surface area (Å²) in [7, 11) is 1.47. The van der Waals surface area contributed by atoms with Crippen LogP contribution in [0.15, 0.2) is 54.6 Å². The van der Waals surface area contributed by atoms with Gasteiger partial charge in [0.05, 0.1) is 19.6 Å². The predicted molar refractivity (Wildman–Crippen MR) is 112 cm³/mol. The van der Waals surface area contributed by atoms with Gasteiger partial charge in [-0.3, -0.25) is 4.79 Å². The number of hydrogen-bond donors (Lipinski definition) is 4. The second-order valence-corrected chi connectivity index (χ2v) is 6.77. The highest BCUT2D eigenvalue weighted by atomic mass is 16.5. The largest absolute Gasteiger partial charge is 0.496 e. The number of hydrogen-bond acceptors (Lipinski definition) is 6. The first-order valence-corrected chi connectivity index (χ1v) is 9.65. The number of aliphatic hydroxyl groups excluding tert-OH is 1. The molecule has 0 unspecified atom stereocenters. The Morgan fingerprint density at radius 1 is 1.03 bits per heavy atom. The topological polar surface area (TPSA) is 134 Å². The van der Waals surface area contributed by atoms with Crippen molar-refractivity contribution in [3.8, 4) is 5.75 Å². The van der Waals surface area contributed by atoms with Crippen molar-refractivity contribution in [2.75, 3.05) is 13.7 Å². The molecule has 9 heteroatoms. The third-order valence-corrected chi connectivity index (χ3v) is 4.37. The van der Waals surface area contributed by atoms with Gasteiger partial charge in [-0.1, -0.05) is 48.5 Å². The minimum Gasteiger partial charge on any atom is -0.496 e. The van der Waals surface area contributed by atoms with Crippen molar-refractivity contribution in [2.45, 2.75) is 31.6 Å². The van der Waals surface area contributed by atoms with Crippen molar-refractivity contribution in [2.24, 2.45) is 0 Å². The maximum Gasteiger partial charge on any atom is 0.407 e. The Morgan fingerprint density at radius 3 is 2.39 bits per heavy atom. The summed E-state index contributed by atoms with van der Waals surface area (Å²) in [4.78, 5) is 35.4. The highest BCUT2D eigenvalue weighted by Gasteiger charge is 2.23. The summed E-state index contributed by atoms with van der Waals surface area (Å²) in [5.41, 5.74) is 1.44.